The fourth-order valence-corrected chi connectivity index (χ4v) is 6.16. The second kappa shape index (κ2) is 8.13. The molecule has 1 saturated carbocycles. The molecule has 2 fully saturated rings. The Hall–Kier alpha value is -3.39. The van der Waals surface area contributed by atoms with Crippen molar-refractivity contribution >= 4 is 28.3 Å². The number of piperidine rings is 1. The van der Waals surface area contributed by atoms with E-state index in [9.17, 15) is 9.59 Å². The van der Waals surface area contributed by atoms with Gasteiger partial charge in [-0.1, -0.05) is 53.3 Å². The number of carbonyl (C=O) groups excluding carboxylic acids is 2. The van der Waals surface area contributed by atoms with Crippen molar-refractivity contribution < 1.29 is 14.3 Å². The lowest BCUT2D eigenvalue weighted by Crippen LogP contribution is -2.45. The largest absolute Gasteiger partial charge is 0.492 e. The van der Waals surface area contributed by atoms with E-state index < -0.39 is 0 Å². The van der Waals surface area contributed by atoms with E-state index in [4.69, 9.17) is 10.5 Å². The summed E-state index contributed by atoms with van der Waals surface area (Å²) in [6.45, 7) is 3.03. The molecule has 0 radical (unpaired) electrons. The molecule has 8 heteroatoms. The Balaban J connectivity index is 1.22. The molecule has 3 N–H and O–H groups in total. The number of anilines is 1. The number of rotatable bonds is 5. The molecule has 1 aromatic heterocycles. The maximum Gasteiger partial charge on any atom is 0.274 e. The average Bonchev–Trinajstić information content (AvgIpc) is 3.18. The van der Waals surface area contributed by atoms with Crippen LogP contribution in [0.3, 0.4) is 0 Å². The summed E-state index contributed by atoms with van der Waals surface area (Å²) in [7, 11) is 0. The highest BCUT2D eigenvalue weighted by Crippen LogP contribution is 2.49. The molecule has 34 heavy (non-hydrogen) atoms. The number of hydrogen-bond acceptors (Lipinski definition) is 6. The van der Waals surface area contributed by atoms with Crippen molar-refractivity contribution in [1.29, 1.82) is 0 Å². The molecule has 3 atom stereocenters. The number of aryl methyl sites for hydroxylation is 1. The fourth-order valence-electron chi connectivity index (χ4n) is 5.34. The smallest absolute Gasteiger partial charge is 0.274 e. The van der Waals surface area contributed by atoms with Gasteiger partial charge in [0.15, 0.2) is 5.13 Å². The number of benzene rings is 2. The minimum absolute atomic E-state index is 0.0637. The molecule has 3 aliphatic rings. The van der Waals surface area contributed by atoms with Crippen molar-refractivity contribution in [3.63, 3.8) is 0 Å². The molecule has 174 valence electrons. The fraction of sp³-hybridized carbons (Fsp3) is 0.346. The third kappa shape index (κ3) is 3.62. The molecule has 0 bridgehead atoms. The van der Waals surface area contributed by atoms with E-state index in [0.29, 0.717) is 41.2 Å². The first-order valence-electron chi connectivity index (χ1n) is 11.7. The predicted octanol–water partition coefficient (Wildman–Crippen LogP) is 3.67. The van der Waals surface area contributed by atoms with Gasteiger partial charge in [0, 0.05) is 19.0 Å². The lowest BCUT2D eigenvalue weighted by atomic mass is 10.1. The van der Waals surface area contributed by atoms with Gasteiger partial charge >= 0.3 is 0 Å². The molecule has 2 aromatic carbocycles. The van der Waals surface area contributed by atoms with Crippen molar-refractivity contribution in [3.8, 4) is 16.2 Å². The average molecular weight is 475 g/mol. The standard InChI is InChI=1S/C26H26N4O3S/c1-14-4-2-6-16(10-14)23-21(29-26(27)34-23)25(32)30-18(11-17-12-20(17)30)13-28-24(31)19-7-3-5-15-8-9-33-22(15)19/h2-7,10,17-18,20H,8-9,11-13H2,1H3,(H2,27,29)(H,28,31)/t17-,18+,20+/m1/s1. The van der Waals surface area contributed by atoms with E-state index >= 15 is 0 Å². The molecule has 0 spiro atoms. The highest BCUT2D eigenvalue weighted by molar-refractivity contribution is 7.19. The lowest BCUT2D eigenvalue weighted by Gasteiger charge is -2.27. The number of nitrogens with one attached hydrogen (secondary N) is 1. The number of thiazole rings is 1. The van der Waals surface area contributed by atoms with Crippen LogP contribution in [0.15, 0.2) is 42.5 Å². The minimum Gasteiger partial charge on any atom is -0.492 e. The number of carbonyl (C=O) groups is 2. The summed E-state index contributed by atoms with van der Waals surface area (Å²) < 4.78 is 5.69. The highest BCUT2D eigenvalue weighted by atomic mass is 32.1. The maximum atomic E-state index is 13.7. The predicted molar refractivity (Wildman–Crippen MR) is 131 cm³/mol. The van der Waals surface area contributed by atoms with Gasteiger partial charge in [0.05, 0.1) is 23.1 Å². The van der Waals surface area contributed by atoms with Gasteiger partial charge in [-0.2, -0.15) is 0 Å². The molecule has 7 nitrogen and oxygen atoms in total. The van der Waals surface area contributed by atoms with Gasteiger partial charge in [-0.05, 0) is 42.9 Å². The number of para-hydroxylation sites is 1. The molecule has 3 heterocycles. The number of nitrogens with zero attached hydrogens (tertiary/aromatic N) is 2. The molecule has 0 unspecified atom stereocenters. The third-order valence-electron chi connectivity index (χ3n) is 7.03. The molecule has 6 rings (SSSR count). The van der Waals surface area contributed by atoms with Crippen LogP contribution < -0.4 is 15.8 Å². The number of fused-ring (bicyclic) bond motifs is 2. The Morgan fingerprint density at radius 3 is 2.94 bits per heavy atom. The van der Waals surface area contributed by atoms with Crippen LogP contribution in [-0.2, 0) is 6.42 Å². The Morgan fingerprint density at radius 2 is 2.09 bits per heavy atom. The second-order valence-electron chi connectivity index (χ2n) is 9.37. The first kappa shape index (κ1) is 21.2. The van der Waals surface area contributed by atoms with E-state index in [1.165, 1.54) is 11.3 Å². The van der Waals surface area contributed by atoms with E-state index in [2.05, 4.69) is 10.3 Å². The molecule has 1 saturated heterocycles. The molecule has 3 aromatic rings. The third-order valence-corrected chi connectivity index (χ3v) is 7.96. The van der Waals surface area contributed by atoms with Gasteiger partial charge in [0.1, 0.15) is 11.4 Å². The Morgan fingerprint density at radius 1 is 1.24 bits per heavy atom. The Kier molecular flexibility index (Phi) is 5.06. The van der Waals surface area contributed by atoms with E-state index in [1.807, 2.05) is 48.2 Å². The van der Waals surface area contributed by atoms with Gasteiger partial charge in [-0.3, -0.25) is 9.59 Å². The SMILES string of the molecule is Cc1cccc(-c2sc(N)nc2C(=O)N2[C@H](CNC(=O)c3cccc4c3OCC4)C[C@@H]3C[C@@H]32)c1. The van der Waals surface area contributed by atoms with Crippen molar-refractivity contribution in [3.05, 3.63) is 64.8 Å². The summed E-state index contributed by atoms with van der Waals surface area (Å²) in [5.74, 6) is 0.916. The van der Waals surface area contributed by atoms with Gasteiger partial charge in [0.25, 0.3) is 11.8 Å². The van der Waals surface area contributed by atoms with Crippen molar-refractivity contribution in [1.82, 2.24) is 15.2 Å². The number of nitrogen functional groups attached to an aromatic ring is 1. The summed E-state index contributed by atoms with van der Waals surface area (Å²) in [5, 5.41) is 3.44. The molecule has 2 aliphatic heterocycles. The van der Waals surface area contributed by atoms with Gasteiger partial charge in [-0.15, -0.1) is 0 Å². The monoisotopic (exact) mass is 474 g/mol. The molecular weight excluding hydrogens is 448 g/mol. The van der Waals surface area contributed by atoms with Gasteiger partial charge in [0.2, 0.25) is 0 Å². The van der Waals surface area contributed by atoms with E-state index in [0.717, 1.165) is 40.8 Å². The first-order chi connectivity index (χ1) is 16.5. The normalized spacial score (nSPS) is 22.1. The van der Waals surface area contributed by atoms with E-state index in [-0.39, 0.29) is 23.9 Å². The zero-order valence-corrected chi connectivity index (χ0v) is 19.7. The number of ether oxygens (including phenoxy) is 1. The maximum absolute atomic E-state index is 13.7. The topological polar surface area (TPSA) is 97.5 Å². The summed E-state index contributed by atoms with van der Waals surface area (Å²) in [6, 6.07) is 13.9. The van der Waals surface area contributed by atoms with Crippen molar-refractivity contribution in [2.24, 2.45) is 5.92 Å². The lowest BCUT2D eigenvalue weighted by molar-refractivity contribution is 0.0684. The van der Waals surface area contributed by atoms with Crippen LogP contribution in [-0.4, -0.2) is 46.9 Å². The van der Waals surface area contributed by atoms with Gasteiger partial charge < -0.3 is 20.7 Å². The summed E-state index contributed by atoms with van der Waals surface area (Å²) in [4.78, 5) is 33.9. The molecular formula is C26H26N4O3S. The summed E-state index contributed by atoms with van der Waals surface area (Å²) >= 11 is 1.34. The van der Waals surface area contributed by atoms with Crippen LogP contribution in [0.4, 0.5) is 5.13 Å². The van der Waals surface area contributed by atoms with Gasteiger partial charge in [-0.25, -0.2) is 4.98 Å². The van der Waals surface area contributed by atoms with Crippen molar-refractivity contribution in [2.75, 3.05) is 18.9 Å². The highest BCUT2D eigenvalue weighted by Gasteiger charge is 2.54. The quantitative estimate of drug-likeness (QED) is 0.588. The first-order valence-corrected chi connectivity index (χ1v) is 12.5. The number of hydrogen-bond donors (Lipinski definition) is 2. The van der Waals surface area contributed by atoms with E-state index in [1.54, 1.807) is 6.07 Å². The summed E-state index contributed by atoms with van der Waals surface area (Å²) in [6.07, 6.45) is 2.72. The van der Waals surface area contributed by atoms with Crippen LogP contribution in [0.5, 0.6) is 5.75 Å². The van der Waals surface area contributed by atoms with Crippen LogP contribution in [0, 0.1) is 12.8 Å². The van der Waals surface area contributed by atoms with Crippen LogP contribution in [0.1, 0.15) is 44.8 Å². The van der Waals surface area contributed by atoms with Crippen molar-refractivity contribution in [2.45, 2.75) is 38.3 Å². The Bertz CT molecular complexity index is 1300. The Labute approximate surface area is 201 Å². The van der Waals surface area contributed by atoms with Crippen LogP contribution >= 0.6 is 11.3 Å². The second-order valence-corrected chi connectivity index (χ2v) is 10.4. The molecule has 2 amide bonds. The van der Waals surface area contributed by atoms with Crippen LogP contribution in [0.25, 0.3) is 10.4 Å². The molecule has 1 aliphatic carbocycles. The zero-order chi connectivity index (χ0) is 23.4. The number of amides is 2. The van der Waals surface area contributed by atoms with Crippen LogP contribution in [0.2, 0.25) is 0 Å². The number of likely N-dealkylation sites (tertiary alicyclic amines) is 1. The minimum atomic E-state index is -0.162. The number of nitrogens with two attached hydrogens (primary N) is 1. The summed E-state index contributed by atoms with van der Waals surface area (Å²) in [5.41, 5.74) is 10.1. The zero-order valence-electron chi connectivity index (χ0n) is 18.9. The number of aromatic nitrogens is 1.